The van der Waals surface area contributed by atoms with E-state index < -0.39 is 33.8 Å². The molecular weight excluding hydrogens is 407 g/mol. The molecule has 1 aromatic carbocycles. The van der Waals surface area contributed by atoms with Crippen LogP contribution in [0.3, 0.4) is 0 Å². The Kier molecular flexibility index (Phi) is 6.31. The molecule has 1 unspecified atom stereocenters. The van der Waals surface area contributed by atoms with Gasteiger partial charge in [-0.15, -0.1) is 0 Å². The molecule has 0 aromatic heterocycles. The number of fused-ring (bicyclic) bond motifs is 1. The Bertz CT molecular complexity index is 633. The molecule has 0 aliphatic carbocycles. The van der Waals surface area contributed by atoms with Gasteiger partial charge in [0.1, 0.15) is 0 Å². The summed E-state index contributed by atoms with van der Waals surface area (Å²) in [6, 6.07) is 5.30. The Morgan fingerprint density at radius 1 is 1.52 bits per heavy atom. The van der Waals surface area contributed by atoms with Crippen molar-refractivity contribution in [2.75, 3.05) is 11.5 Å². The molecule has 0 spiro atoms. The van der Waals surface area contributed by atoms with Crippen LogP contribution in [0, 0.1) is 5.92 Å². The van der Waals surface area contributed by atoms with Crippen LogP contribution in [-0.4, -0.2) is 29.3 Å². The fraction of sp³-hybridized carbons (Fsp3) is 0.438. The van der Waals surface area contributed by atoms with Gasteiger partial charge in [-0.1, -0.05) is 0 Å². The van der Waals surface area contributed by atoms with Crippen molar-refractivity contribution in [2.45, 2.75) is 33.3 Å². The number of carbonyl (C=O) groups is 2. The maximum atomic E-state index is 12.5. The van der Waals surface area contributed by atoms with E-state index in [2.05, 4.69) is 0 Å². The van der Waals surface area contributed by atoms with Crippen LogP contribution in [0.2, 0.25) is 0 Å². The summed E-state index contributed by atoms with van der Waals surface area (Å²) in [6.45, 7) is 5.97. The summed E-state index contributed by atoms with van der Waals surface area (Å²) in [4.78, 5) is 26.0. The van der Waals surface area contributed by atoms with Gasteiger partial charge in [-0.25, -0.2) is 0 Å². The topological polar surface area (TPSA) is 55.8 Å². The summed E-state index contributed by atoms with van der Waals surface area (Å²) in [5.41, 5.74) is 1.20. The van der Waals surface area contributed by atoms with Crippen molar-refractivity contribution in [1.29, 1.82) is 0 Å². The summed E-state index contributed by atoms with van der Waals surface area (Å²) in [5.74, 6) is 0.302. The third kappa shape index (κ3) is 3.99. The number of ether oxygens (including phenoxy) is 2. The number of imide groups is 1. The Labute approximate surface area is 147 Å². The van der Waals surface area contributed by atoms with E-state index >= 15 is 0 Å². The average molecular weight is 426 g/mol. The number of para-hydroxylation sites is 1. The van der Waals surface area contributed by atoms with E-state index in [0.717, 1.165) is 10.5 Å². The molecule has 0 fully saturated rings. The predicted molar refractivity (Wildman–Crippen MR) is 85.8 cm³/mol. The Hall–Kier alpha value is -1.26. The number of benzene rings is 1. The Morgan fingerprint density at radius 2 is 2.26 bits per heavy atom. The Balaban J connectivity index is 2.44. The van der Waals surface area contributed by atoms with E-state index in [-0.39, 0.29) is 12.5 Å². The van der Waals surface area contributed by atoms with Crippen molar-refractivity contribution in [2.24, 2.45) is 5.92 Å². The molecule has 0 saturated heterocycles. The zero-order valence-electron chi connectivity index (χ0n) is 13.2. The molecule has 0 radical (unpaired) electrons. The molecular formula is C16H19ClNO4Ru. The molecule has 1 atom stereocenters. The first kappa shape index (κ1) is 18.1. The summed E-state index contributed by atoms with van der Waals surface area (Å²) in [5, 5.41) is 0. The van der Waals surface area contributed by atoms with Crippen molar-refractivity contribution in [3.63, 3.8) is 0 Å². The molecule has 2 rings (SSSR count). The van der Waals surface area contributed by atoms with Crippen molar-refractivity contribution >= 4 is 32.0 Å². The summed E-state index contributed by atoms with van der Waals surface area (Å²) in [6.07, 6.45) is -0.896. The third-order valence-electron chi connectivity index (χ3n) is 3.26. The van der Waals surface area contributed by atoms with E-state index in [1.165, 1.54) is 0 Å². The standard InChI is InChI=1S/C16H19NO4.ClH.Ru/c1-5-13-15(18)17(16(19)20-9-10(2)3)12-8-6-7-11(4)14(12)21-13;;/h4,6-8,10,13H,5,9H2,1-3H3;1H;/q;;+1/p-1. The molecule has 7 heteroatoms. The van der Waals surface area contributed by atoms with Crippen LogP contribution in [0.4, 0.5) is 10.5 Å². The first-order valence-electron chi connectivity index (χ1n) is 7.35. The van der Waals surface area contributed by atoms with E-state index in [9.17, 15) is 9.59 Å². The van der Waals surface area contributed by atoms with Crippen LogP contribution < -0.4 is 9.64 Å². The third-order valence-corrected chi connectivity index (χ3v) is 4.45. The van der Waals surface area contributed by atoms with Gasteiger partial charge in [0.15, 0.2) is 0 Å². The molecule has 0 N–H and O–H groups in total. The molecule has 127 valence electrons. The number of hydrogen-bond donors (Lipinski definition) is 0. The van der Waals surface area contributed by atoms with Crippen LogP contribution in [-0.2, 0) is 25.2 Å². The van der Waals surface area contributed by atoms with Crippen LogP contribution in [0.1, 0.15) is 32.8 Å². The van der Waals surface area contributed by atoms with Crippen molar-refractivity contribution in [1.82, 2.24) is 0 Å². The van der Waals surface area contributed by atoms with Crippen molar-refractivity contribution in [3.05, 3.63) is 23.8 Å². The van der Waals surface area contributed by atoms with Crippen molar-refractivity contribution < 1.29 is 34.7 Å². The summed E-state index contributed by atoms with van der Waals surface area (Å²) in [7, 11) is 5.87. The number of carbonyl (C=O) groups excluding carboxylic acids is 2. The molecule has 2 amide bonds. The van der Waals surface area contributed by atoms with Gasteiger partial charge in [-0.2, -0.15) is 0 Å². The average Bonchev–Trinajstić information content (AvgIpc) is 2.52. The van der Waals surface area contributed by atoms with Gasteiger partial charge in [0.2, 0.25) is 0 Å². The fourth-order valence-electron chi connectivity index (χ4n) is 2.17. The minimum atomic E-state index is -0.699. The number of nitrogens with zero attached hydrogens (tertiary/aromatic N) is 1. The molecule has 1 aliphatic heterocycles. The molecule has 1 aromatic rings. The van der Waals surface area contributed by atoms with Crippen LogP contribution in [0.25, 0.3) is 0 Å². The molecule has 5 nitrogen and oxygen atoms in total. The monoisotopic (exact) mass is 426 g/mol. The quantitative estimate of drug-likeness (QED) is 0.694. The predicted octanol–water partition coefficient (Wildman–Crippen LogP) is 3.37. The first-order chi connectivity index (χ1) is 11.0. The number of halogens is 1. The van der Waals surface area contributed by atoms with Gasteiger partial charge in [0.05, 0.1) is 0 Å². The molecule has 0 saturated carbocycles. The first-order valence-corrected chi connectivity index (χ1v) is 10.6. The van der Waals surface area contributed by atoms with Gasteiger partial charge >= 0.3 is 147 Å². The van der Waals surface area contributed by atoms with Gasteiger partial charge in [0.25, 0.3) is 0 Å². The van der Waals surface area contributed by atoms with E-state index in [1.54, 1.807) is 12.1 Å². The minimum absolute atomic E-state index is 0.191. The SMILES string of the molecule is CCC1Oc2c([CH]=[Ru][Cl])cccc2N(C(=O)OCC(C)C)C1=O. The van der Waals surface area contributed by atoms with E-state index in [1.807, 2.05) is 31.4 Å². The van der Waals surface area contributed by atoms with Gasteiger partial charge < -0.3 is 0 Å². The second kappa shape index (κ2) is 8.02. The normalized spacial score (nSPS) is 17.7. The molecule has 1 aliphatic rings. The number of hydrogen-bond acceptors (Lipinski definition) is 4. The van der Waals surface area contributed by atoms with Gasteiger partial charge in [-0.3, -0.25) is 0 Å². The summed E-state index contributed by atoms with van der Waals surface area (Å²) < 4.78 is 12.9. The van der Waals surface area contributed by atoms with Crippen molar-refractivity contribution in [3.8, 4) is 5.75 Å². The van der Waals surface area contributed by atoms with Crippen LogP contribution >= 0.6 is 9.69 Å². The van der Waals surface area contributed by atoms with Crippen LogP contribution in [0.5, 0.6) is 5.75 Å². The van der Waals surface area contributed by atoms with E-state index in [0.29, 0.717) is 17.9 Å². The van der Waals surface area contributed by atoms with Crippen LogP contribution in [0.15, 0.2) is 18.2 Å². The molecule has 0 bridgehead atoms. The second-order valence-corrected chi connectivity index (χ2v) is 7.33. The fourth-order valence-corrected chi connectivity index (χ4v) is 3.26. The van der Waals surface area contributed by atoms with Gasteiger partial charge in [-0.05, 0) is 0 Å². The Morgan fingerprint density at radius 3 is 2.87 bits per heavy atom. The molecule has 1 heterocycles. The van der Waals surface area contributed by atoms with Gasteiger partial charge in [0, 0.05) is 0 Å². The number of amides is 2. The second-order valence-electron chi connectivity index (χ2n) is 5.53. The zero-order chi connectivity index (χ0) is 17.0. The zero-order valence-corrected chi connectivity index (χ0v) is 15.7. The molecule has 23 heavy (non-hydrogen) atoms. The van der Waals surface area contributed by atoms with E-state index in [4.69, 9.17) is 19.2 Å². The summed E-state index contributed by atoms with van der Waals surface area (Å²) >= 11 is -0.449. The number of anilines is 1. The number of rotatable bonds is 4. The maximum absolute atomic E-state index is 12.5.